The van der Waals surface area contributed by atoms with Crippen LogP contribution in [0.3, 0.4) is 0 Å². The van der Waals surface area contributed by atoms with Gasteiger partial charge >= 0.3 is 0 Å². The molecule has 0 amide bonds. The van der Waals surface area contributed by atoms with E-state index >= 15 is 0 Å². The van der Waals surface area contributed by atoms with Crippen LogP contribution in [-0.4, -0.2) is 49.5 Å². The van der Waals surface area contributed by atoms with Gasteiger partial charge in [0.1, 0.15) is 5.69 Å². The highest BCUT2D eigenvalue weighted by Crippen LogP contribution is 2.17. The third-order valence-corrected chi connectivity index (χ3v) is 2.36. The van der Waals surface area contributed by atoms with Gasteiger partial charge in [0.05, 0.1) is 26.5 Å². The molecular weight excluding hydrogens is 222 g/mol. The van der Waals surface area contributed by atoms with Crippen LogP contribution >= 0.6 is 0 Å². The largest absolute Gasteiger partial charge is 0.493 e. The highest BCUT2D eigenvalue weighted by Gasteiger charge is 2.17. The molecule has 6 nitrogen and oxygen atoms in total. The standard InChI is InChI=1S/C11H19N3O3/c1-4-14-11(10(17-3)8-13-14)9(15)7-12-5-6-16-2/h8,12H,4-7H2,1-3H3. The number of carbonyl (C=O) groups is 1. The van der Waals surface area contributed by atoms with Crippen LogP contribution in [0.15, 0.2) is 6.20 Å². The zero-order chi connectivity index (χ0) is 12.7. The minimum absolute atomic E-state index is 0.0303. The molecule has 0 aliphatic rings. The summed E-state index contributed by atoms with van der Waals surface area (Å²) in [5, 5.41) is 7.10. The summed E-state index contributed by atoms with van der Waals surface area (Å²) >= 11 is 0. The second-order valence-electron chi connectivity index (χ2n) is 3.47. The van der Waals surface area contributed by atoms with Gasteiger partial charge in [-0.05, 0) is 6.92 Å². The van der Waals surface area contributed by atoms with Crippen LogP contribution in [0.25, 0.3) is 0 Å². The van der Waals surface area contributed by atoms with E-state index in [0.29, 0.717) is 31.1 Å². The van der Waals surface area contributed by atoms with Gasteiger partial charge in [0.2, 0.25) is 0 Å². The minimum Gasteiger partial charge on any atom is -0.493 e. The lowest BCUT2D eigenvalue weighted by Gasteiger charge is -2.07. The minimum atomic E-state index is -0.0303. The van der Waals surface area contributed by atoms with Crippen LogP contribution < -0.4 is 10.1 Å². The summed E-state index contributed by atoms with van der Waals surface area (Å²) in [4.78, 5) is 12.0. The lowest BCUT2D eigenvalue weighted by molar-refractivity contribution is 0.0974. The first-order chi connectivity index (χ1) is 8.24. The summed E-state index contributed by atoms with van der Waals surface area (Å²) in [5.74, 6) is 0.489. The molecule has 0 unspecified atom stereocenters. The number of hydrogen-bond donors (Lipinski definition) is 1. The van der Waals surface area contributed by atoms with E-state index in [1.54, 1.807) is 18.0 Å². The maximum atomic E-state index is 12.0. The van der Waals surface area contributed by atoms with Gasteiger partial charge in [-0.1, -0.05) is 0 Å². The number of aromatic nitrogens is 2. The molecule has 1 N–H and O–H groups in total. The molecule has 0 aliphatic heterocycles. The molecule has 0 radical (unpaired) electrons. The molecule has 17 heavy (non-hydrogen) atoms. The average molecular weight is 241 g/mol. The monoisotopic (exact) mass is 241 g/mol. The maximum Gasteiger partial charge on any atom is 0.198 e. The average Bonchev–Trinajstić information content (AvgIpc) is 2.77. The van der Waals surface area contributed by atoms with Gasteiger partial charge in [0, 0.05) is 20.2 Å². The SMILES string of the molecule is CCn1ncc(OC)c1C(=O)CNCCOC. The van der Waals surface area contributed by atoms with E-state index in [4.69, 9.17) is 9.47 Å². The van der Waals surface area contributed by atoms with Gasteiger partial charge in [-0.25, -0.2) is 0 Å². The van der Waals surface area contributed by atoms with Crippen LogP contribution in [0.4, 0.5) is 0 Å². The fourth-order valence-electron chi connectivity index (χ4n) is 1.50. The number of ether oxygens (including phenoxy) is 2. The molecule has 1 heterocycles. The van der Waals surface area contributed by atoms with Crippen molar-refractivity contribution in [3.8, 4) is 5.75 Å². The number of hydrogen-bond acceptors (Lipinski definition) is 5. The molecule has 0 saturated heterocycles. The molecule has 0 saturated carbocycles. The highest BCUT2D eigenvalue weighted by molar-refractivity contribution is 5.98. The van der Waals surface area contributed by atoms with Crippen LogP contribution in [0, 0.1) is 0 Å². The van der Waals surface area contributed by atoms with Crippen molar-refractivity contribution < 1.29 is 14.3 Å². The Bertz CT molecular complexity index is 341. The Morgan fingerprint density at radius 2 is 2.29 bits per heavy atom. The molecule has 1 rings (SSSR count). The Labute approximate surface area is 101 Å². The molecule has 1 aromatic heterocycles. The van der Waals surface area contributed by atoms with Crippen LogP contribution in [0.1, 0.15) is 17.4 Å². The van der Waals surface area contributed by atoms with Crippen LogP contribution in [-0.2, 0) is 11.3 Å². The molecule has 0 fully saturated rings. The topological polar surface area (TPSA) is 65.4 Å². The third kappa shape index (κ3) is 3.54. The van der Waals surface area contributed by atoms with Crippen molar-refractivity contribution in [1.29, 1.82) is 0 Å². The first-order valence-electron chi connectivity index (χ1n) is 5.57. The van der Waals surface area contributed by atoms with Gasteiger partial charge in [-0.15, -0.1) is 0 Å². The van der Waals surface area contributed by atoms with Crippen molar-refractivity contribution in [2.75, 3.05) is 33.9 Å². The molecule has 0 atom stereocenters. The molecule has 0 aromatic carbocycles. The zero-order valence-corrected chi connectivity index (χ0v) is 10.5. The van der Waals surface area contributed by atoms with Crippen LogP contribution in [0.5, 0.6) is 5.75 Å². The summed E-state index contributed by atoms with van der Waals surface area (Å²) in [6, 6.07) is 0. The molecule has 0 spiro atoms. The molecule has 6 heteroatoms. The fourth-order valence-corrected chi connectivity index (χ4v) is 1.50. The van der Waals surface area contributed by atoms with Gasteiger partial charge in [0.25, 0.3) is 0 Å². The van der Waals surface area contributed by atoms with Gasteiger partial charge < -0.3 is 14.8 Å². The Morgan fingerprint density at radius 1 is 1.53 bits per heavy atom. The highest BCUT2D eigenvalue weighted by atomic mass is 16.5. The molecule has 1 aromatic rings. The predicted molar refractivity (Wildman–Crippen MR) is 63.5 cm³/mol. The van der Waals surface area contributed by atoms with Gasteiger partial charge in [-0.3, -0.25) is 9.48 Å². The van der Waals surface area contributed by atoms with Crippen molar-refractivity contribution >= 4 is 5.78 Å². The summed E-state index contributed by atoms with van der Waals surface area (Å²) in [5.41, 5.74) is 0.514. The molecule has 96 valence electrons. The van der Waals surface area contributed by atoms with E-state index < -0.39 is 0 Å². The Morgan fingerprint density at radius 3 is 2.88 bits per heavy atom. The molecular formula is C11H19N3O3. The first kappa shape index (κ1) is 13.7. The number of Topliss-reactive ketones (excluding diaryl/α,β-unsaturated/α-hetero) is 1. The van der Waals surface area contributed by atoms with Crippen molar-refractivity contribution in [1.82, 2.24) is 15.1 Å². The molecule has 0 aliphatic carbocycles. The number of methoxy groups -OCH3 is 2. The summed E-state index contributed by atoms with van der Waals surface area (Å²) < 4.78 is 11.6. The van der Waals surface area contributed by atoms with E-state index in [1.807, 2.05) is 6.92 Å². The Kier molecular flexibility index (Phi) is 5.65. The van der Waals surface area contributed by atoms with Crippen molar-refractivity contribution in [2.24, 2.45) is 0 Å². The van der Waals surface area contributed by atoms with Crippen molar-refractivity contribution in [3.05, 3.63) is 11.9 Å². The summed E-state index contributed by atoms with van der Waals surface area (Å²) in [6.45, 7) is 4.05. The number of ketones is 1. The molecule has 0 bridgehead atoms. The summed E-state index contributed by atoms with van der Waals surface area (Å²) in [7, 11) is 3.16. The van der Waals surface area contributed by atoms with E-state index in [-0.39, 0.29) is 12.3 Å². The lowest BCUT2D eigenvalue weighted by Crippen LogP contribution is -2.28. The summed E-state index contributed by atoms with van der Waals surface area (Å²) in [6.07, 6.45) is 1.56. The smallest absolute Gasteiger partial charge is 0.198 e. The van der Waals surface area contributed by atoms with Crippen molar-refractivity contribution in [3.63, 3.8) is 0 Å². The normalized spacial score (nSPS) is 10.5. The van der Waals surface area contributed by atoms with E-state index in [9.17, 15) is 4.79 Å². The second kappa shape index (κ2) is 7.03. The van der Waals surface area contributed by atoms with E-state index in [1.165, 1.54) is 7.11 Å². The predicted octanol–water partition coefficient (Wildman–Crippen LogP) is 0.330. The van der Waals surface area contributed by atoms with Crippen molar-refractivity contribution in [2.45, 2.75) is 13.5 Å². The van der Waals surface area contributed by atoms with E-state index in [0.717, 1.165) is 0 Å². The second-order valence-corrected chi connectivity index (χ2v) is 3.47. The van der Waals surface area contributed by atoms with Gasteiger partial charge in [0.15, 0.2) is 11.5 Å². The number of nitrogens with zero attached hydrogens (tertiary/aromatic N) is 2. The van der Waals surface area contributed by atoms with Gasteiger partial charge in [-0.2, -0.15) is 5.10 Å². The Hall–Kier alpha value is -1.40. The van der Waals surface area contributed by atoms with E-state index in [2.05, 4.69) is 10.4 Å². The first-order valence-corrected chi connectivity index (χ1v) is 5.57. The Balaban J connectivity index is 2.63. The number of aryl methyl sites for hydroxylation is 1. The zero-order valence-electron chi connectivity index (χ0n) is 10.5. The number of nitrogens with one attached hydrogen (secondary N) is 1. The fraction of sp³-hybridized carbons (Fsp3) is 0.636. The number of rotatable bonds is 8. The number of carbonyl (C=O) groups excluding carboxylic acids is 1. The third-order valence-electron chi connectivity index (χ3n) is 2.36. The van der Waals surface area contributed by atoms with Crippen LogP contribution in [0.2, 0.25) is 0 Å². The maximum absolute atomic E-state index is 12.0. The lowest BCUT2D eigenvalue weighted by atomic mass is 10.2. The quantitative estimate of drug-likeness (QED) is 0.525.